The second-order valence-corrected chi connectivity index (χ2v) is 7.10. The fraction of sp³-hybridized carbons (Fsp3) is 0.632. The average molecular weight is 420 g/mol. The SMILES string of the molecule is Cl.Cl.NC[C@H]1CC[C@@H](C(=O)NCc2ccc(CN3CCC(O)CC3)cc2)O1. The molecule has 6 nitrogen and oxygen atoms in total. The van der Waals surface area contributed by atoms with Gasteiger partial charge in [0, 0.05) is 32.7 Å². The number of nitrogens with one attached hydrogen (secondary N) is 1. The molecule has 2 atom stereocenters. The molecule has 8 heteroatoms. The van der Waals surface area contributed by atoms with Crippen LogP contribution in [0, 0.1) is 0 Å². The van der Waals surface area contributed by atoms with E-state index in [1.165, 1.54) is 5.56 Å². The van der Waals surface area contributed by atoms with Crippen LogP contribution < -0.4 is 11.1 Å². The van der Waals surface area contributed by atoms with Gasteiger partial charge in [-0.1, -0.05) is 24.3 Å². The minimum Gasteiger partial charge on any atom is -0.393 e. The Bertz CT molecular complexity index is 566. The van der Waals surface area contributed by atoms with Crippen LogP contribution >= 0.6 is 24.8 Å². The molecule has 1 aromatic carbocycles. The highest BCUT2D eigenvalue weighted by molar-refractivity contribution is 5.85. The van der Waals surface area contributed by atoms with Crippen molar-refractivity contribution in [2.75, 3.05) is 19.6 Å². The zero-order valence-corrected chi connectivity index (χ0v) is 17.1. The smallest absolute Gasteiger partial charge is 0.249 e. The van der Waals surface area contributed by atoms with Gasteiger partial charge in [-0.2, -0.15) is 0 Å². The first kappa shape index (κ1) is 24.1. The van der Waals surface area contributed by atoms with E-state index >= 15 is 0 Å². The zero-order chi connectivity index (χ0) is 17.6. The third-order valence-electron chi connectivity index (χ3n) is 5.12. The molecule has 0 unspecified atom stereocenters. The van der Waals surface area contributed by atoms with Crippen LogP contribution in [0.15, 0.2) is 24.3 Å². The van der Waals surface area contributed by atoms with Gasteiger partial charge in [0.15, 0.2) is 0 Å². The second kappa shape index (κ2) is 11.8. The number of benzene rings is 1. The highest BCUT2D eigenvalue weighted by atomic mass is 35.5. The number of hydrogen-bond donors (Lipinski definition) is 3. The number of halogens is 2. The summed E-state index contributed by atoms with van der Waals surface area (Å²) in [5.41, 5.74) is 7.92. The topological polar surface area (TPSA) is 87.8 Å². The Hall–Kier alpha value is -0.890. The summed E-state index contributed by atoms with van der Waals surface area (Å²) in [4.78, 5) is 14.5. The highest BCUT2D eigenvalue weighted by Gasteiger charge is 2.29. The highest BCUT2D eigenvalue weighted by Crippen LogP contribution is 2.19. The Morgan fingerprint density at radius 3 is 2.33 bits per heavy atom. The molecule has 0 saturated carbocycles. The molecule has 2 saturated heterocycles. The third-order valence-corrected chi connectivity index (χ3v) is 5.12. The van der Waals surface area contributed by atoms with Gasteiger partial charge in [-0.25, -0.2) is 0 Å². The van der Waals surface area contributed by atoms with E-state index in [0.29, 0.717) is 13.1 Å². The standard InChI is InChI=1S/C19H29N3O3.2ClH/c20-11-17-5-6-18(25-17)19(24)21-12-14-1-3-15(4-2-14)13-22-9-7-16(23)8-10-22;;/h1-4,16-18,23H,5-13,20H2,(H,21,24);2*1H/t17-,18+;;/m1../s1. The molecule has 27 heavy (non-hydrogen) atoms. The van der Waals surface area contributed by atoms with Gasteiger partial charge < -0.3 is 20.9 Å². The van der Waals surface area contributed by atoms with Crippen LogP contribution in [-0.4, -0.2) is 53.9 Å². The number of nitrogens with zero attached hydrogens (tertiary/aromatic N) is 1. The molecular weight excluding hydrogens is 389 g/mol. The molecule has 1 aromatic rings. The Morgan fingerprint density at radius 1 is 1.11 bits per heavy atom. The minimum atomic E-state index is -0.359. The van der Waals surface area contributed by atoms with E-state index in [4.69, 9.17) is 10.5 Å². The Kier molecular flexibility index (Phi) is 10.6. The lowest BCUT2D eigenvalue weighted by Gasteiger charge is -2.29. The summed E-state index contributed by atoms with van der Waals surface area (Å²) >= 11 is 0. The van der Waals surface area contributed by atoms with Gasteiger partial charge in [0.1, 0.15) is 6.10 Å². The molecule has 1 amide bonds. The van der Waals surface area contributed by atoms with E-state index in [9.17, 15) is 9.90 Å². The number of piperidine rings is 1. The Morgan fingerprint density at radius 2 is 1.74 bits per heavy atom. The summed E-state index contributed by atoms with van der Waals surface area (Å²) in [5, 5.41) is 12.5. The van der Waals surface area contributed by atoms with E-state index in [0.717, 1.165) is 50.9 Å². The van der Waals surface area contributed by atoms with Crippen molar-refractivity contribution in [3.05, 3.63) is 35.4 Å². The number of rotatable bonds is 6. The van der Waals surface area contributed by atoms with Gasteiger partial charge in [0.05, 0.1) is 12.2 Å². The number of amides is 1. The Labute approximate surface area is 173 Å². The van der Waals surface area contributed by atoms with E-state index in [-0.39, 0.29) is 49.0 Å². The van der Waals surface area contributed by atoms with Gasteiger partial charge in [-0.3, -0.25) is 9.69 Å². The molecular formula is C19H31Cl2N3O3. The molecule has 154 valence electrons. The third kappa shape index (κ3) is 7.22. The molecule has 4 N–H and O–H groups in total. The minimum absolute atomic E-state index is 0. The number of aliphatic hydroxyl groups excluding tert-OH is 1. The van der Waals surface area contributed by atoms with Gasteiger partial charge in [0.2, 0.25) is 5.91 Å². The van der Waals surface area contributed by atoms with Crippen LogP contribution in [0.25, 0.3) is 0 Å². The zero-order valence-electron chi connectivity index (χ0n) is 15.5. The van der Waals surface area contributed by atoms with Gasteiger partial charge >= 0.3 is 0 Å². The normalized spacial score (nSPS) is 23.3. The maximum absolute atomic E-state index is 12.1. The fourth-order valence-electron chi connectivity index (χ4n) is 3.47. The Balaban J connectivity index is 0.00000182. The van der Waals surface area contributed by atoms with Crippen LogP contribution in [0.3, 0.4) is 0 Å². The average Bonchev–Trinajstić information content (AvgIpc) is 3.12. The first-order valence-corrected chi connectivity index (χ1v) is 9.25. The van der Waals surface area contributed by atoms with E-state index < -0.39 is 0 Å². The van der Waals surface area contributed by atoms with Crippen molar-refractivity contribution < 1.29 is 14.6 Å². The first-order valence-electron chi connectivity index (χ1n) is 9.25. The molecule has 2 fully saturated rings. The van der Waals surface area contributed by atoms with E-state index in [1.807, 2.05) is 0 Å². The fourth-order valence-corrected chi connectivity index (χ4v) is 3.47. The molecule has 3 rings (SSSR count). The number of likely N-dealkylation sites (tertiary alicyclic amines) is 1. The van der Waals surface area contributed by atoms with Crippen molar-refractivity contribution in [1.29, 1.82) is 0 Å². The molecule has 0 aliphatic carbocycles. The van der Waals surface area contributed by atoms with Crippen LogP contribution in [-0.2, 0) is 22.6 Å². The van der Waals surface area contributed by atoms with E-state index in [2.05, 4.69) is 34.5 Å². The predicted molar refractivity (Wildman–Crippen MR) is 110 cm³/mol. The molecule has 2 heterocycles. The summed E-state index contributed by atoms with van der Waals surface area (Å²) in [5.74, 6) is -0.0492. The number of ether oxygens (including phenoxy) is 1. The molecule has 2 aliphatic heterocycles. The predicted octanol–water partition coefficient (Wildman–Crippen LogP) is 1.61. The van der Waals surface area contributed by atoms with E-state index in [1.54, 1.807) is 0 Å². The monoisotopic (exact) mass is 419 g/mol. The quantitative estimate of drug-likeness (QED) is 0.651. The van der Waals surface area contributed by atoms with Gasteiger partial charge in [-0.05, 0) is 36.8 Å². The molecule has 2 aliphatic rings. The number of aliphatic hydroxyl groups is 1. The molecule has 0 bridgehead atoms. The number of nitrogens with two attached hydrogens (primary N) is 1. The maximum atomic E-state index is 12.1. The molecule has 0 aromatic heterocycles. The van der Waals surface area contributed by atoms with Crippen molar-refractivity contribution in [3.63, 3.8) is 0 Å². The van der Waals surface area contributed by atoms with Crippen molar-refractivity contribution in [3.8, 4) is 0 Å². The van der Waals surface area contributed by atoms with Gasteiger partial charge in [0.25, 0.3) is 0 Å². The lowest BCUT2D eigenvalue weighted by molar-refractivity contribution is -0.132. The molecule has 0 radical (unpaired) electrons. The van der Waals surface area contributed by atoms with Crippen LogP contribution in [0.4, 0.5) is 0 Å². The van der Waals surface area contributed by atoms with Crippen molar-refractivity contribution in [2.45, 2.75) is 57.1 Å². The summed E-state index contributed by atoms with van der Waals surface area (Å²) < 4.78 is 5.61. The largest absolute Gasteiger partial charge is 0.393 e. The van der Waals surface area contributed by atoms with Crippen molar-refractivity contribution >= 4 is 30.7 Å². The number of carbonyl (C=O) groups excluding carboxylic acids is 1. The van der Waals surface area contributed by atoms with Crippen LogP contribution in [0.2, 0.25) is 0 Å². The first-order chi connectivity index (χ1) is 12.1. The lowest BCUT2D eigenvalue weighted by Crippen LogP contribution is -2.35. The second-order valence-electron chi connectivity index (χ2n) is 7.10. The summed E-state index contributed by atoms with van der Waals surface area (Å²) in [6, 6.07) is 8.35. The summed E-state index contributed by atoms with van der Waals surface area (Å²) in [6.45, 7) is 3.80. The van der Waals surface area contributed by atoms with Crippen molar-refractivity contribution in [1.82, 2.24) is 10.2 Å². The van der Waals surface area contributed by atoms with Crippen molar-refractivity contribution in [2.24, 2.45) is 5.73 Å². The lowest BCUT2D eigenvalue weighted by atomic mass is 10.1. The molecule has 0 spiro atoms. The van der Waals surface area contributed by atoms with Gasteiger partial charge in [-0.15, -0.1) is 24.8 Å². The number of carbonyl (C=O) groups is 1. The summed E-state index contributed by atoms with van der Waals surface area (Å²) in [6.07, 6.45) is 2.85. The summed E-state index contributed by atoms with van der Waals surface area (Å²) in [7, 11) is 0. The number of hydrogen-bond acceptors (Lipinski definition) is 5. The van der Waals surface area contributed by atoms with Crippen LogP contribution in [0.5, 0.6) is 0 Å². The van der Waals surface area contributed by atoms with Crippen LogP contribution in [0.1, 0.15) is 36.8 Å². The maximum Gasteiger partial charge on any atom is 0.249 e.